The molecule has 0 saturated heterocycles. The van der Waals surface area contributed by atoms with E-state index in [1.165, 1.54) is 6.92 Å². The minimum absolute atomic E-state index is 0.113. The minimum atomic E-state index is -0.805. The maximum atomic E-state index is 11.7. The van der Waals surface area contributed by atoms with Crippen molar-refractivity contribution < 1.29 is 30.0 Å². The van der Waals surface area contributed by atoms with E-state index in [2.05, 4.69) is 0 Å². The van der Waals surface area contributed by atoms with Crippen LogP contribution in [0.2, 0.25) is 0 Å². The van der Waals surface area contributed by atoms with E-state index in [-0.39, 0.29) is 5.56 Å². The number of rotatable bonds is 4. The molecule has 6 nitrogen and oxygen atoms in total. The zero-order valence-corrected chi connectivity index (χ0v) is 10.1. The molecule has 0 aromatic heterocycles. The lowest BCUT2D eigenvalue weighted by atomic mass is 10.1. The Bertz CT molecular complexity index is 419. The van der Waals surface area contributed by atoms with Gasteiger partial charge >= 0.3 is 5.97 Å². The van der Waals surface area contributed by atoms with Gasteiger partial charge in [-0.25, -0.2) is 4.79 Å². The lowest BCUT2D eigenvalue weighted by Crippen LogP contribution is -2.27. The lowest BCUT2D eigenvalue weighted by Gasteiger charge is -2.18. The number of aliphatic hydroxyl groups is 1. The smallest absolute Gasteiger partial charge is 0.338 e. The third kappa shape index (κ3) is 3.04. The Morgan fingerprint density at radius 3 is 2.22 bits per heavy atom. The van der Waals surface area contributed by atoms with E-state index in [9.17, 15) is 20.1 Å². The highest BCUT2D eigenvalue weighted by atomic mass is 16.6. The average molecular weight is 256 g/mol. The maximum Gasteiger partial charge on any atom is 0.338 e. The minimum Gasteiger partial charge on any atom is -0.504 e. The van der Waals surface area contributed by atoms with Crippen molar-refractivity contribution in [2.75, 3.05) is 0 Å². The van der Waals surface area contributed by atoms with Crippen molar-refractivity contribution in [1.29, 1.82) is 0 Å². The van der Waals surface area contributed by atoms with E-state index in [1.54, 1.807) is 6.92 Å². The Morgan fingerprint density at radius 2 is 1.78 bits per heavy atom. The molecule has 0 bridgehead atoms. The number of esters is 1. The molecular weight excluding hydrogens is 240 g/mol. The molecule has 0 amide bonds. The van der Waals surface area contributed by atoms with Crippen LogP contribution in [0.1, 0.15) is 30.6 Å². The summed E-state index contributed by atoms with van der Waals surface area (Å²) in [5.74, 6) is -2.75. The Hall–Kier alpha value is -1.95. The molecule has 1 aromatic rings. The largest absolute Gasteiger partial charge is 0.504 e. The first-order valence-electron chi connectivity index (χ1n) is 5.50. The van der Waals surface area contributed by atoms with Crippen LogP contribution in [-0.4, -0.2) is 38.6 Å². The topological polar surface area (TPSA) is 107 Å². The van der Waals surface area contributed by atoms with Gasteiger partial charge in [-0.05, 0) is 25.5 Å². The summed E-state index contributed by atoms with van der Waals surface area (Å²) < 4.78 is 4.95. The Labute approximate surface area is 104 Å². The molecule has 0 radical (unpaired) electrons. The van der Waals surface area contributed by atoms with E-state index in [1.807, 2.05) is 0 Å². The summed E-state index contributed by atoms with van der Waals surface area (Å²) in [4.78, 5) is 11.7. The van der Waals surface area contributed by atoms with Gasteiger partial charge in [-0.3, -0.25) is 0 Å². The van der Waals surface area contributed by atoms with Gasteiger partial charge in [-0.2, -0.15) is 0 Å². The number of aliphatic hydroxyl groups excluding tert-OH is 1. The van der Waals surface area contributed by atoms with Gasteiger partial charge in [-0.1, -0.05) is 6.92 Å². The van der Waals surface area contributed by atoms with Crippen LogP contribution in [-0.2, 0) is 4.74 Å². The third-order valence-electron chi connectivity index (χ3n) is 2.56. The highest BCUT2D eigenvalue weighted by Crippen LogP contribution is 2.35. The fourth-order valence-electron chi connectivity index (χ4n) is 1.37. The van der Waals surface area contributed by atoms with Crippen molar-refractivity contribution in [2.24, 2.45) is 0 Å². The molecule has 6 heteroatoms. The summed E-state index contributed by atoms with van der Waals surface area (Å²) in [6, 6.07) is 1.95. The molecule has 2 unspecified atom stereocenters. The van der Waals surface area contributed by atoms with Gasteiger partial charge in [0.05, 0.1) is 11.7 Å². The molecule has 0 aliphatic heterocycles. The van der Waals surface area contributed by atoms with Crippen molar-refractivity contribution in [3.05, 3.63) is 17.7 Å². The van der Waals surface area contributed by atoms with Gasteiger partial charge < -0.3 is 25.2 Å². The van der Waals surface area contributed by atoms with E-state index < -0.39 is 35.4 Å². The molecule has 0 aliphatic rings. The molecule has 18 heavy (non-hydrogen) atoms. The van der Waals surface area contributed by atoms with E-state index in [0.29, 0.717) is 6.42 Å². The quantitative estimate of drug-likeness (QED) is 0.475. The first-order valence-corrected chi connectivity index (χ1v) is 5.50. The second kappa shape index (κ2) is 5.59. The van der Waals surface area contributed by atoms with Gasteiger partial charge in [0.25, 0.3) is 0 Å². The standard InChI is InChI=1S/C12H16O6/c1-3-8(13)6(2)18-12(17)7-4-9(14)11(16)10(15)5-7/h4-6,8,13-16H,3H2,1-2H3. The first-order chi connectivity index (χ1) is 8.36. The van der Waals surface area contributed by atoms with Crippen LogP contribution in [0.25, 0.3) is 0 Å². The SMILES string of the molecule is CCC(O)C(C)OC(=O)c1cc(O)c(O)c(O)c1. The van der Waals surface area contributed by atoms with Gasteiger partial charge in [0.1, 0.15) is 6.10 Å². The summed E-state index contributed by atoms with van der Waals surface area (Å²) in [5, 5.41) is 37.1. The number of benzene rings is 1. The summed E-state index contributed by atoms with van der Waals surface area (Å²) in [5.41, 5.74) is -0.113. The van der Waals surface area contributed by atoms with E-state index in [0.717, 1.165) is 12.1 Å². The van der Waals surface area contributed by atoms with Crippen molar-refractivity contribution in [3.63, 3.8) is 0 Å². The molecule has 2 atom stereocenters. The Morgan fingerprint density at radius 1 is 1.28 bits per heavy atom. The highest BCUT2D eigenvalue weighted by molar-refractivity contribution is 5.91. The van der Waals surface area contributed by atoms with Crippen molar-refractivity contribution >= 4 is 5.97 Å². The number of hydrogen-bond acceptors (Lipinski definition) is 6. The van der Waals surface area contributed by atoms with Crippen molar-refractivity contribution in [1.82, 2.24) is 0 Å². The molecule has 0 spiro atoms. The second-order valence-electron chi connectivity index (χ2n) is 3.95. The predicted octanol–water partition coefficient (Wildman–Crippen LogP) is 1.12. The number of phenols is 3. The Balaban J connectivity index is 2.85. The molecule has 1 aromatic carbocycles. The molecule has 0 saturated carbocycles. The third-order valence-corrected chi connectivity index (χ3v) is 2.56. The van der Waals surface area contributed by atoms with Gasteiger partial charge in [-0.15, -0.1) is 0 Å². The number of phenolic OH excluding ortho intramolecular Hbond substituents is 3. The molecule has 0 heterocycles. The first kappa shape index (κ1) is 14.1. The number of hydrogen-bond donors (Lipinski definition) is 4. The van der Waals surface area contributed by atoms with Crippen LogP contribution in [0.5, 0.6) is 17.2 Å². The summed E-state index contributed by atoms with van der Waals surface area (Å²) in [7, 11) is 0. The number of carbonyl (C=O) groups is 1. The number of ether oxygens (including phenoxy) is 1. The van der Waals surface area contributed by atoms with Crippen LogP contribution in [0.3, 0.4) is 0 Å². The van der Waals surface area contributed by atoms with Gasteiger partial charge in [0.15, 0.2) is 17.2 Å². The van der Waals surface area contributed by atoms with Gasteiger partial charge in [0, 0.05) is 0 Å². The molecule has 0 aliphatic carbocycles. The maximum absolute atomic E-state index is 11.7. The monoisotopic (exact) mass is 256 g/mol. The predicted molar refractivity (Wildman–Crippen MR) is 62.6 cm³/mol. The van der Waals surface area contributed by atoms with Crippen LogP contribution in [0.15, 0.2) is 12.1 Å². The van der Waals surface area contributed by atoms with Crippen LogP contribution in [0.4, 0.5) is 0 Å². The van der Waals surface area contributed by atoms with E-state index in [4.69, 9.17) is 9.84 Å². The summed E-state index contributed by atoms with van der Waals surface area (Å²) in [6.45, 7) is 3.28. The molecule has 1 rings (SSSR count). The highest BCUT2D eigenvalue weighted by Gasteiger charge is 2.20. The lowest BCUT2D eigenvalue weighted by molar-refractivity contribution is -0.0117. The van der Waals surface area contributed by atoms with Crippen LogP contribution in [0, 0.1) is 0 Å². The van der Waals surface area contributed by atoms with Crippen LogP contribution >= 0.6 is 0 Å². The van der Waals surface area contributed by atoms with Crippen molar-refractivity contribution in [2.45, 2.75) is 32.5 Å². The average Bonchev–Trinajstić information content (AvgIpc) is 2.33. The van der Waals surface area contributed by atoms with Gasteiger partial charge in [0.2, 0.25) is 0 Å². The fraction of sp³-hybridized carbons (Fsp3) is 0.417. The second-order valence-corrected chi connectivity index (χ2v) is 3.95. The molecule has 4 N–H and O–H groups in total. The van der Waals surface area contributed by atoms with E-state index >= 15 is 0 Å². The zero-order chi connectivity index (χ0) is 13.9. The Kier molecular flexibility index (Phi) is 4.38. The van der Waals surface area contributed by atoms with Crippen LogP contribution < -0.4 is 0 Å². The number of carbonyl (C=O) groups excluding carboxylic acids is 1. The molecule has 0 fully saturated rings. The number of aromatic hydroxyl groups is 3. The van der Waals surface area contributed by atoms with Crippen molar-refractivity contribution in [3.8, 4) is 17.2 Å². The molecule has 100 valence electrons. The zero-order valence-electron chi connectivity index (χ0n) is 10.1. The fourth-order valence-corrected chi connectivity index (χ4v) is 1.37. The summed E-state index contributed by atoms with van der Waals surface area (Å²) >= 11 is 0. The summed E-state index contributed by atoms with van der Waals surface area (Å²) in [6.07, 6.45) is -1.06. The molecular formula is C12H16O6. The normalized spacial score (nSPS) is 13.9.